The molecule has 3 nitrogen and oxygen atoms in total. The maximum atomic E-state index is 13.9. The van der Waals surface area contributed by atoms with Crippen LogP contribution >= 0.6 is 0 Å². The number of ether oxygens (including phenoxy) is 1. The highest BCUT2D eigenvalue weighted by molar-refractivity contribution is 5.95. The van der Waals surface area contributed by atoms with E-state index in [1.54, 1.807) is 13.8 Å². The summed E-state index contributed by atoms with van der Waals surface area (Å²) >= 11 is 0. The summed E-state index contributed by atoms with van der Waals surface area (Å²) in [5, 5.41) is 3.11. The number of allylic oxidation sites excluding steroid dienone is 2. The SMILES string of the molecule is C\C=C(/C(=N\C(NCC(CCC)C(C)CC(F)(F)CC)=C(\C)CC)OC)C(F)(F)F. The Balaban J connectivity index is 5.72. The molecule has 0 aliphatic rings. The number of nitrogens with zero attached hydrogens (tertiary/aromatic N) is 1. The maximum absolute atomic E-state index is 13.9. The molecule has 0 bridgehead atoms. The highest BCUT2D eigenvalue weighted by Gasteiger charge is 2.37. The Bertz CT molecular complexity index is 609. The Kier molecular flexibility index (Phi) is 12.3. The van der Waals surface area contributed by atoms with Crippen molar-refractivity contribution in [1.82, 2.24) is 5.32 Å². The van der Waals surface area contributed by atoms with Gasteiger partial charge in [-0.3, -0.25) is 0 Å². The Hall–Kier alpha value is -1.60. The molecule has 176 valence electrons. The maximum Gasteiger partial charge on any atom is 0.421 e. The number of rotatable bonds is 12. The molecule has 0 heterocycles. The number of halogens is 5. The van der Waals surface area contributed by atoms with Crippen LogP contribution in [-0.2, 0) is 4.74 Å². The number of hydrogen-bond donors (Lipinski definition) is 1. The van der Waals surface area contributed by atoms with E-state index in [0.717, 1.165) is 31.6 Å². The first kappa shape index (κ1) is 28.4. The number of alkyl halides is 5. The molecular weight excluding hydrogens is 403 g/mol. The Labute approximate surface area is 177 Å². The van der Waals surface area contributed by atoms with E-state index in [1.165, 1.54) is 13.8 Å². The van der Waals surface area contributed by atoms with E-state index < -0.39 is 23.6 Å². The van der Waals surface area contributed by atoms with E-state index in [2.05, 4.69) is 10.3 Å². The van der Waals surface area contributed by atoms with Crippen LogP contribution < -0.4 is 5.32 Å². The van der Waals surface area contributed by atoms with Gasteiger partial charge in [-0.2, -0.15) is 18.2 Å². The fourth-order valence-electron chi connectivity index (χ4n) is 3.15. The van der Waals surface area contributed by atoms with Crippen molar-refractivity contribution in [3.8, 4) is 0 Å². The third-order valence-electron chi connectivity index (χ3n) is 5.30. The molecule has 8 heteroatoms. The topological polar surface area (TPSA) is 33.6 Å². The van der Waals surface area contributed by atoms with Gasteiger partial charge in [0.1, 0.15) is 11.4 Å². The smallest absolute Gasteiger partial charge is 0.421 e. The minimum absolute atomic E-state index is 0.0583. The van der Waals surface area contributed by atoms with Gasteiger partial charge in [-0.1, -0.05) is 40.2 Å². The van der Waals surface area contributed by atoms with Gasteiger partial charge in [-0.15, -0.1) is 0 Å². The third-order valence-corrected chi connectivity index (χ3v) is 5.30. The molecule has 0 aromatic rings. The highest BCUT2D eigenvalue weighted by Crippen LogP contribution is 2.32. The zero-order valence-corrected chi connectivity index (χ0v) is 19.2. The molecule has 0 aliphatic carbocycles. The van der Waals surface area contributed by atoms with Crippen LogP contribution in [0.15, 0.2) is 28.0 Å². The summed E-state index contributed by atoms with van der Waals surface area (Å²) < 4.78 is 72.4. The average molecular weight is 441 g/mol. The number of hydrogen-bond acceptors (Lipinski definition) is 3. The number of nitrogens with one attached hydrogen (secondary N) is 1. The lowest BCUT2D eigenvalue weighted by Crippen LogP contribution is -2.31. The van der Waals surface area contributed by atoms with E-state index in [4.69, 9.17) is 4.74 Å². The molecule has 0 aromatic carbocycles. The second kappa shape index (κ2) is 13.0. The molecule has 0 saturated heterocycles. The van der Waals surface area contributed by atoms with E-state index in [0.29, 0.717) is 13.0 Å². The summed E-state index contributed by atoms with van der Waals surface area (Å²) in [7, 11) is 1.14. The zero-order chi connectivity index (χ0) is 23.5. The molecule has 2 atom stereocenters. The molecular formula is C22H37F5N2O. The molecule has 0 spiro atoms. The van der Waals surface area contributed by atoms with Gasteiger partial charge in [0.15, 0.2) is 0 Å². The van der Waals surface area contributed by atoms with Crippen LogP contribution in [0.1, 0.15) is 73.6 Å². The van der Waals surface area contributed by atoms with Crippen molar-refractivity contribution in [2.24, 2.45) is 16.8 Å². The molecule has 0 aromatic heterocycles. The molecule has 0 amide bonds. The highest BCUT2D eigenvalue weighted by atomic mass is 19.4. The van der Waals surface area contributed by atoms with E-state index in [1.807, 2.05) is 13.8 Å². The van der Waals surface area contributed by atoms with Crippen LogP contribution in [0.2, 0.25) is 0 Å². The molecule has 0 fully saturated rings. The van der Waals surface area contributed by atoms with Crippen LogP contribution in [0.4, 0.5) is 22.0 Å². The van der Waals surface area contributed by atoms with E-state index >= 15 is 0 Å². The zero-order valence-electron chi connectivity index (χ0n) is 19.2. The fraction of sp³-hybridized carbons (Fsp3) is 0.773. The normalized spacial score (nSPS) is 16.8. The third kappa shape index (κ3) is 9.47. The second-order valence-corrected chi connectivity index (χ2v) is 7.62. The van der Waals surface area contributed by atoms with Gasteiger partial charge in [0.2, 0.25) is 11.8 Å². The molecule has 0 radical (unpaired) electrons. The predicted octanol–water partition coefficient (Wildman–Crippen LogP) is 7.26. The Morgan fingerprint density at radius 1 is 1.13 bits per heavy atom. The quantitative estimate of drug-likeness (QED) is 0.197. The first-order valence-corrected chi connectivity index (χ1v) is 10.5. The average Bonchev–Trinajstić information content (AvgIpc) is 2.67. The Morgan fingerprint density at radius 2 is 1.73 bits per heavy atom. The largest absolute Gasteiger partial charge is 0.481 e. The van der Waals surface area contributed by atoms with Crippen molar-refractivity contribution in [2.75, 3.05) is 13.7 Å². The van der Waals surface area contributed by atoms with Crippen LogP contribution in [-0.4, -0.2) is 31.7 Å². The molecule has 1 N–H and O–H groups in total. The van der Waals surface area contributed by atoms with Crippen LogP contribution in [0.25, 0.3) is 0 Å². The lowest BCUT2D eigenvalue weighted by molar-refractivity contribution is -0.0877. The van der Waals surface area contributed by atoms with Gasteiger partial charge in [-0.05, 0) is 44.1 Å². The Morgan fingerprint density at radius 3 is 2.13 bits per heavy atom. The van der Waals surface area contributed by atoms with Crippen LogP contribution in [0.5, 0.6) is 0 Å². The van der Waals surface area contributed by atoms with Crippen molar-refractivity contribution in [3.05, 3.63) is 23.0 Å². The van der Waals surface area contributed by atoms with Crippen LogP contribution in [0, 0.1) is 11.8 Å². The molecule has 0 saturated carbocycles. The van der Waals surface area contributed by atoms with Gasteiger partial charge in [0.25, 0.3) is 0 Å². The van der Waals surface area contributed by atoms with Crippen molar-refractivity contribution >= 4 is 5.90 Å². The van der Waals surface area contributed by atoms with Crippen molar-refractivity contribution in [1.29, 1.82) is 0 Å². The minimum Gasteiger partial charge on any atom is -0.481 e. The summed E-state index contributed by atoms with van der Waals surface area (Å²) in [4.78, 5) is 4.11. The van der Waals surface area contributed by atoms with Gasteiger partial charge in [0, 0.05) is 19.4 Å². The van der Waals surface area contributed by atoms with Gasteiger partial charge < -0.3 is 10.1 Å². The monoisotopic (exact) mass is 440 g/mol. The molecule has 0 rings (SSSR count). The molecule has 30 heavy (non-hydrogen) atoms. The van der Waals surface area contributed by atoms with Crippen LogP contribution in [0.3, 0.4) is 0 Å². The van der Waals surface area contributed by atoms with E-state index in [9.17, 15) is 22.0 Å². The van der Waals surface area contributed by atoms with Gasteiger partial charge in [-0.25, -0.2) is 8.78 Å². The predicted molar refractivity (Wildman–Crippen MR) is 113 cm³/mol. The lowest BCUT2D eigenvalue weighted by Gasteiger charge is -2.28. The van der Waals surface area contributed by atoms with Crippen molar-refractivity contribution in [3.63, 3.8) is 0 Å². The summed E-state index contributed by atoms with van der Waals surface area (Å²) in [6.45, 7) is 10.5. The van der Waals surface area contributed by atoms with Gasteiger partial charge >= 0.3 is 6.18 Å². The molecule has 2 unspecified atom stereocenters. The lowest BCUT2D eigenvalue weighted by atomic mass is 9.85. The first-order chi connectivity index (χ1) is 13.9. The second-order valence-electron chi connectivity index (χ2n) is 7.62. The summed E-state index contributed by atoms with van der Waals surface area (Å²) in [5.74, 6) is -3.27. The van der Waals surface area contributed by atoms with E-state index in [-0.39, 0.29) is 30.5 Å². The first-order valence-electron chi connectivity index (χ1n) is 10.5. The summed E-state index contributed by atoms with van der Waals surface area (Å²) in [6, 6.07) is 0. The summed E-state index contributed by atoms with van der Waals surface area (Å²) in [6.07, 6.45) is -1.99. The minimum atomic E-state index is -4.60. The number of methoxy groups -OCH3 is 1. The van der Waals surface area contributed by atoms with Crippen molar-refractivity contribution < 1.29 is 26.7 Å². The number of aliphatic imine (C=N–C) groups is 1. The summed E-state index contributed by atoms with van der Waals surface area (Å²) in [5.41, 5.74) is -0.210. The standard InChI is InChI=1S/C22H37F5N2O/c1-8-12-17(16(6)13-21(23,24)11-4)14-28-19(15(5)9-2)29-20(30-7)18(10-3)22(25,26)27/h10,16-17,28H,8-9,11-14H2,1-7H3/b18-10+,19-15-,29-20+. The van der Waals surface area contributed by atoms with Crippen molar-refractivity contribution in [2.45, 2.75) is 85.7 Å². The fourth-order valence-corrected chi connectivity index (χ4v) is 3.15. The van der Waals surface area contributed by atoms with Gasteiger partial charge in [0.05, 0.1) is 7.11 Å². The molecule has 0 aliphatic heterocycles.